The number of carbonyl (C=O) groups excluding carboxylic acids is 1. The molecule has 90 valence electrons. The Kier molecular flexibility index (Phi) is 5.55. The van der Waals surface area contributed by atoms with Crippen LogP contribution in [-0.4, -0.2) is 25.7 Å². The number of amides is 1. The van der Waals surface area contributed by atoms with Gasteiger partial charge in [0, 0.05) is 13.2 Å². The van der Waals surface area contributed by atoms with Gasteiger partial charge in [0.2, 0.25) is 0 Å². The average Bonchev–Trinajstić information content (AvgIpc) is 2.63. The summed E-state index contributed by atoms with van der Waals surface area (Å²) in [5.41, 5.74) is 0. The summed E-state index contributed by atoms with van der Waals surface area (Å²) in [6, 6.07) is 3.30. The van der Waals surface area contributed by atoms with E-state index in [1.54, 1.807) is 12.1 Å². The Morgan fingerprint density at radius 2 is 2.31 bits per heavy atom. The summed E-state index contributed by atoms with van der Waals surface area (Å²) in [7, 11) is 0. The van der Waals surface area contributed by atoms with Gasteiger partial charge in [-0.15, -0.1) is 0 Å². The van der Waals surface area contributed by atoms with Crippen LogP contribution in [-0.2, 0) is 4.74 Å². The predicted molar refractivity (Wildman–Crippen MR) is 64.4 cm³/mol. The van der Waals surface area contributed by atoms with Gasteiger partial charge in [0.15, 0.2) is 10.4 Å². The molecular weight excluding hydrogens is 274 g/mol. The van der Waals surface area contributed by atoms with Crippen molar-refractivity contribution in [3.63, 3.8) is 0 Å². The Morgan fingerprint density at radius 3 is 2.88 bits per heavy atom. The van der Waals surface area contributed by atoms with Crippen molar-refractivity contribution in [2.24, 2.45) is 5.92 Å². The van der Waals surface area contributed by atoms with Crippen LogP contribution in [0, 0.1) is 5.92 Å². The zero-order chi connectivity index (χ0) is 12.0. The van der Waals surface area contributed by atoms with Crippen LogP contribution in [0.15, 0.2) is 21.2 Å². The Bertz CT molecular complexity index is 336. The van der Waals surface area contributed by atoms with Crippen molar-refractivity contribution in [1.29, 1.82) is 0 Å². The third kappa shape index (κ3) is 4.81. The van der Waals surface area contributed by atoms with E-state index in [-0.39, 0.29) is 5.91 Å². The maximum atomic E-state index is 11.5. The van der Waals surface area contributed by atoms with E-state index < -0.39 is 0 Å². The van der Waals surface area contributed by atoms with E-state index in [4.69, 9.17) is 9.15 Å². The largest absolute Gasteiger partial charge is 0.444 e. The van der Waals surface area contributed by atoms with Gasteiger partial charge in [-0.3, -0.25) is 4.79 Å². The second-order valence-electron chi connectivity index (χ2n) is 3.83. The minimum absolute atomic E-state index is 0.223. The quantitative estimate of drug-likeness (QED) is 0.819. The van der Waals surface area contributed by atoms with Crippen LogP contribution < -0.4 is 5.32 Å². The molecule has 1 N–H and O–H groups in total. The molecule has 0 spiro atoms. The highest BCUT2D eigenvalue weighted by molar-refractivity contribution is 9.10. The molecule has 0 bridgehead atoms. The van der Waals surface area contributed by atoms with Gasteiger partial charge < -0.3 is 14.5 Å². The molecule has 1 rings (SSSR count). The van der Waals surface area contributed by atoms with E-state index in [0.29, 0.717) is 36.1 Å². The van der Waals surface area contributed by atoms with Gasteiger partial charge in [-0.25, -0.2) is 0 Å². The minimum atomic E-state index is -0.223. The molecular formula is C11H16BrNO3. The summed E-state index contributed by atoms with van der Waals surface area (Å²) in [6.07, 6.45) is 0. The maximum absolute atomic E-state index is 11.5. The first-order valence-electron chi connectivity index (χ1n) is 5.21. The van der Waals surface area contributed by atoms with Crippen molar-refractivity contribution in [3.05, 3.63) is 22.6 Å². The number of hydrogen-bond donors (Lipinski definition) is 1. The van der Waals surface area contributed by atoms with Gasteiger partial charge in [0.05, 0.1) is 6.61 Å². The van der Waals surface area contributed by atoms with E-state index in [9.17, 15) is 4.79 Å². The summed E-state index contributed by atoms with van der Waals surface area (Å²) in [5.74, 6) is 0.589. The smallest absolute Gasteiger partial charge is 0.287 e. The molecule has 0 radical (unpaired) electrons. The average molecular weight is 290 g/mol. The summed E-state index contributed by atoms with van der Waals surface area (Å²) < 4.78 is 11.0. The number of nitrogens with one attached hydrogen (secondary N) is 1. The van der Waals surface area contributed by atoms with Gasteiger partial charge in [0.1, 0.15) is 0 Å². The van der Waals surface area contributed by atoms with E-state index in [1.807, 2.05) is 0 Å². The third-order valence-electron chi connectivity index (χ3n) is 1.78. The zero-order valence-electron chi connectivity index (χ0n) is 9.46. The summed E-state index contributed by atoms with van der Waals surface area (Å²) in [6.45, 7) is 5.88. The molecule has 1 aromatic heterocycles. The van der Waals surface area contributed by atoms with Gasteiger partial charge in [-0.1, -0.05) is 13.8 Å². The molecule has 0 unspecified atom stereocenters. The number of halogens is 1. The Balaban J connectivity index is 2.16. The summed E-state index contributed by atoms with van der Waals surface area (Å²) in [4.78, 5) is 11.5. The Hall–Kier alpha value is -0.810. The molecule has 0 aliphatic carbocycles. The lowest BCUT2D eigenvalue weighted by Gasteiger charge is -2.07. The van der Waals surface area contributed by atoms with Crippen LogP contribution in [0.25, 0.3) is 0 Å². The molecule has 0 saturated carbocycles. The number of hydrogen-bond acceptors (Lipinski definition) is 3. The SMILES string of the molecule is CC(C)COCCNC(=O)c1ccc(Br)o1. The minimum Gasteiger partial charge on any atom is -0.444 e. The van der Waals surface area contributed by atoms with Crippen LogP contribution in [0.1, 0.15) is 24.4 Å². The molecule has 0 aliphatic rings. The molecule has 5 heteroatoms. The molecule has 1 aromatic rings. The predicted octanol–water partition coefficient (Wildman–Crippen LogP) is 2.44. The molecule has 1 amide bonds. The highest BCUT2D eigenvalue weighted by Gasteiger charge is 2.08. The van der Waals surface area contributed by atoms with Crippen molar-refractivity contribution in [2.75, 3.05) is 19.8 Å². The second kappa shape index (κ2) is 6.70. The fourth-order valence-electron chi connectivity index (χ4n) is 1.08. The van der Waals surface area contributed by atoms with Crippen molar-refractivity contribution >= 4 is 21.8 Å². The van der Waals surface area contributed by atoms with Crippen LogP contribution in [0.5, 0.6) is 0 Å². The highest BCUT2D eigenvalue weighted by atomic mass is 79.9. The molecule has 0 aliphatic heterocycles. The lowest BCUT2D eigenvalue weighted by atomic mass is 10.2. The van der Waals surface area contributed by atoms with Gasteiger partial charge in [0.25, 0.3) is 5.91 Å². The fraction of sp³-hybridized carbons (Fsp3) is 0.545. The van der Waals surface area contributed by atoms with Crippen molar-refractivity contribution in [1.82, 2.24) is 5.32 Å². The number of carbonyl (C=O) groups is 1. The molecule has 0 saturated heterocycles. The number of ether oxygens (including phenoxy) is 1. The molecule has 1 heterocycles. The highest BCUT2D eigenvalue weighted by Crippen LogP contribution is 2.13. The number of furan rings is 1. The monoisotopic (exact) mass is 289 g/mol. The van der Waals surface area contributed by atoms with Gasteiger partial charge in [-0.05, 0) is 34.0 Å². The van der Waals surface area contributed by atoms with Crippen LogP contribution in [0.4, 0.5) is 0 Å². The first kappa shape index (κ1) is 13.3. The van der Waals surface area contributed by atoms with Crippen molar-refractivity contribution < 1.29 is 13.9 Å². The summed E-state index contributed by atoms with van der Waals surface area (Å²) >= 11 is 3.14. The van der Waals surface area contributed by atoms with Crippen LogP contribution in [0.2, 0.25) is 0 Å². The lowest BCUT2D eigenvalue weighted by molar-refractivity contribution is 0.0862. The van der Waals surface area contributed by atoms with Crippen LogP contribution >= 0.6 is 15.9 Å². The molecule has 0 aromatic carbocycles. The van der Waals surface area contributed by atoms with Gasteiger partial charge in [-0.2, -0.15) is 0 Å². The molecule has 0 fully saturated rings. The topological polar surface area (TPSA) is 51.5 Å². The number of rotatable bonds is 6. The first-order valence-corrected chi connectivity index (χ1v) is 6.00. The fourth-order valence-corrected chi connectivity index (χ4v) is 1.39. The zero-order valence-corrected chi connectivity index (χ0v) is 11.0. The molecule has 4 nitrogen and oxygen atoms in total. The summed E-state index contributed by atoms with van der Waals surface area (Å²) in [5, 5.41) is 2.71. The van der Waals surface area contributed by atoms with Crippen molar-refractivity contribution in [2.45, 2.75) is 13.8 Å². The lowest BCUT2D eigenvalue weighted by Crippen LogP contribution is -2.27. The van der Waals surface area contributed by atoms with E-state index >= 15 is 0 Å². The first-order chi connectivity index (χ1) is 7.59. The van der Waals surface area contributed by atoms with E-state index in [0.717, 1.165) is 0 Å². The van der Waals surface area contributed by atoms with E-state index in [2.05, 4.69) is 35.1 Å². The van der Waals surface area contributed by atoms with Crippen molar-refractivity contribution in [3.8, 4) is 0 Å². The molecule has 0 atom stereocenters. The third-order valence-corrected chi connectivity index (χ3v) is 2.21. The maximum Gasteiger partial charge on any atom is 0.287 e. The second-order valence-corrected chi connectivity index (χ2v) is 4.61. The van der Waals surface area contributed by atoms with Gasteiger partial charge >= 0.3 is 0 Å². The normalized spacial score (nSPS) is 10.8. The van der Waals surface area contributed by atoms with Crippen LogP contribution in [0.3, 0.4) is 0 Å². The Labute approximate surface area is 103 Å². The molecule has 16 heavy (non-hydrogen) atoms. The Morgan fingerprint density at radius 1 is 1.56 bits per heavy atom. The van der Waals surface area contributed by atoms with E-state index in [1.165, 1.54) is 0 Å². The standard InChI is InChI=1S/C11H16BrNO3/c1-8(2)7-15-6-5-13-11(14)9-3-4-10(12)16-9/h3-4,8H,5-7H2,1-2H3,(H,13,14).